The van der Waals surface area contributed by atoms with E-state index in [1.54, 1.807) is 0 Å². The summed E-state index contributed by atoms with van der Waals surface area (Å²) in [6, 6.07) is 0. The zero-order valence-electron chi connectivity index (χ0n) is 14.5. The molecule has 21 heavy (non-hydrogen) atoms. The highest BCUT2D eigenvalue weighted by molar-refractivity contribution is 5.80. The van der Waals surface area contributed by atoms with E-state index < -0.39 is 0 Å². The van der Waals surface area contributed by atoms with Crippen LogP contribution in [-0.4, -0.2) is 37.0 Å². The summed E-state index contributed by atoms with van der Waals surface area (Å²) < 4.78 is 4.77. The lowest BCUT2D eigenvalue weighted by atomic mass is 10.0. The van der Waals surface area contributed by atoms with Crippen LogP contribution >= 0.6 is 0 Å². The fourth-order valence-corrected chi connectivity index (χ4v) is 2.52. The third kappa shape index (κ3) is 7.49. The molecule has 0 aromatic rings. The van der Waals surface area contributed by atoms with Crippen LogP contribution in [0.4, 0.5) is 0 Å². The Balaban J connectivity index is 4.66. The molecule has 0 aliphatic heterocycles. The lowest BCUT2D eigenvalue weighted by molar-refractivity contribution is -0.147. The minimum absolute atomic E-state index is 0.0704. The topological polar surface area (TPSA) is 46.6 Å². The van der Waals surface area contributed by atoms with Gasteiger partial charge in [-0.05, 0) is 19.3 Å². The fraction of sp³-hybridized carbons (Fsp3) is 0.882. The summed E-state index contributed by atoms with van der Waals surface area (Å²) >= 11 is 0. The van der Waals surface area contributed by atoms with Gasteiger partial charge in [0.25, 0.3) is 0 Å². The Labute approximate surface area is 130 Å². The number of methoxy groups -OCH3 is 1. The molecule has 1 atom stereocenters. The molecule has 1 unspecified atom stereocenters. The third-order valence-electron chi connectivity index (χ3n) is 4.03. The molecule has 4 heteroatoms. The lowest BCUT2D eigenvalue weighted by Gasteiger charge is -2.28. The van der Waals surface area contributed by atoms with E-state index in [4.69, 9.17) is 4.74 Å². The molecule has 0 N–H and O–H groups in total. The Kier molecular flexibility index (Phi) is 11.0. The van der Waals surface area contributed by atoms with Gasteiger partial charge < -0.3 is 9.64 Å². The van der Waals surface area contributed by atoms with Gasteiger partial charge in [-0.25, -0.2) is 0 Å². The van der Waals surface area contributed by atoms with Gasteiger partial charge in [-0.3, -0.25) is 9.59 Å². The number of hydrogen-bond donors (Lipinski definition) is 0. The van der Waals surface area contributed by atoms with Crippen molar-refractivity contribution in [3.05, 3.63) is 0 Å². The molecule has 0 fully saturated rings. The van der Waals surface area contributed by atoms with Crippen molar-refractivity contribution in [2.75, 3.05) is 20.2 Å². The second kappa shape index (κ2) is 11.6. The minimum Gasteiger partial charge on any atom is -0.469 e. The lowest BCUT2D eigenvalue weighted by Crippen LogP contribution is -2.41. The van der Waals surface area contributed by atoms with Gasteiger partial charge >= 0.3 is 5.97 Å². The van der Waals surface area contributed by atoms with Gasteiger partial charge in [-0.1, -0.05) is 47.0 Å². The Morgan fingerprint density at radius 2 is 1.67 bits per heavy atom. The normalized spacial score (nSPS) is 12.3. The average Bonchev–Trinajstić information content (AvgIpc) is 2.50. The zero-order valence-corrected chi connectivity index (χ0v) is 14.5. The second-order valence-corrected chi connectivity index (χ2v) is 5.78. The van der Waals surface area contributed by atoms with Crippen LogP contribution < -0.4 is 0 Å². The molecule has 0 rings (SSSR count). The fourth-order valence-electron chi connectivity index (χ4n) is 2.52. The molecule has 0 bridgehead atoms. The van der Waals surface area contributed by atoms with Gasteiger partial charge in [0.2, 0.25) is 5.91 Å². The Hall–Kier alpha value is -1.06. The molecule has 1 amide bonds. The molecule has 0 saturated heterocycles. The number of carbonyl (C=O) groups excluding carboxylic acids is 2. The summed E-state index contributed by atoms with van der Waals surface area (Å²) in [5, 5.41) is 0. The number of esters is 1. The van der Waals surface area contributed by atoms with Crippen LogP contribution in [0.25, 0.3) is 0 Å². The van der Waals surface area contributed by atoms with Crippen molar-refractivity contribution in [1.82, 2.24) is 4.90 Å². The summed E-state index contributed by atoms with van der Waals surface area (Å²) in [7, 11) is 1.40. The highest BCUT2D eigenvalue weighted by Crippen LogP contribution is 2.15. The maximum atomic E-state index is 12.6. The highest BCUT2D eigenvalue weighted by atomic mass is 16.5. The molecule has 0 saturated carbocycles. The first kappa shape index (κ1) is 19.9. The number of ether oxygens (including phenoxy) is 1. The van der Waals surface area contributed by atoms with E-state index in [1.165, 1.54) is 20.0 Å². The van der Waals surface area contributed by atoms with Gasteiger partial charge in [0.05, 0.1) is 13.0 Å². The highest BCUT2D eigenvalue weighted by Gasteiger charge is 2.25. The molecule has 0 aromatic heterocycles. The van der Waals surface area contributed by atoms with Gasteiger partial charge in [0, 0.05) is 19.0 Å². The van der Waals surface area contributed by atoms with E-state index in [2.05, 4.69) is 6.92 Å². The summed E-state index contributed by atoms with van der Waals surface area (Å²) in [5.74, 6) is -0.251. The molecule has 0 aliphatic rings. The summed E-state index contributed by atoms with van der Waals surface area (Å²) in [4.78, 5) is 26.1. The molecular formula is C17H33NO3. The molecule has 0 aliphatic carbocycles. The van der Waals surface area contributed by atoms with Crippen molar-refractivity contribution in [3.8, 4) is 0 Å². The number of nitrogens with zero attached hydrogens (tertiary/aromatic N) is 1. The van der Waals surface area contributed by atoms with Crippen molar-refractivity contribution >= 4 is 11.9 Å². The second-order valence-electron chi connectivity index (χ2n) is 5.78. The van der Waals surface area contributed by atoms with E-state index in [9.17, 15) is 9.59 Å². The van der Waals surface area contributed by atoms with E-state index in [-0.39, 0.29) is 23.7 Å². The first-order chi connectivity index (χ1) is 10.0. The number of hydrogen-bond acceptors (Lipinski definition) is 3. The quantitative estimate of drug-likeness (QED) is 0.432. The maximum absolute atomic E-state index is 12.6. The largest absolute Gasteiger partial charge is 0.469 e. The number of rotatable bonds is 11. The average molecular weight is 299 g/mol. The molecular weight excluding hydrogens is 266 g/mol. The monoisotopic (exact) mass is 299 g/mol. The standard InChI is InChI=1S/C17H33NO3/c1-6-9-10-11-12-18(13-14(4)17(20)21-5)16(19)15(7-2)8-3/h14-15H,6-13H2,1-5H3. The summed E-state index contributed by atoms with van der Waals surface area (Å²) in [6.07, 6.45) is 6.23. The van der Waals surface area contributed by atoms with Crippen molar-refractivity contribution in [2.24, 2.45) is 11.8 Å². The SMILES string of the molecule is CCCCCCN(CC(C)C(=O)OC)C(=O)C(CC)CC. The minimum atomic E-state index is -0.264. The van der Waals surface area contributed by atoms with E-state index in [0.717, 1.165) is 32.2 Å². The van der Waals surface area contributed by atoms with Gasteiger partial charge in [0.1, 0.15) is 0 Å². The molecule has 4 nitrogen and oxygen atoms in total. The van der Waals surface area contributed by atoms with Crippen molar-refractivity contribution < 1.29 is 14.3 Å². The number of carbonyl (C=O) groups is 2. The molecule has 124 valence electrons. The van der Waals surface area contributed by atoms with Crippen LogP contribution in [0.5, 0.6) is 0 Å². The first-order valence-corrected chi connectivity index (χ1v) is 8.38. The molecule has 0 aromatic carbocycles. The van der Waals surface area contributed by atoms with Gasteiger partial charge in [0.15, 0.2) is 0 Å². The van der Waals surface area contributed by atoms with E-state index in [0.29, 0.717) is 6.54 Å². The molecule has 0 heterocycles. The van der Waals surface area contributed by atoms with Crippen molar-refractivity contribution in [3.63, 3.8) is 0 Å². The predicted octanol–water partition coefficient (Wildman–Crippen LogP) is 3.64. The van der Waals surface area contributed by atoms with E-state index >= 15 is 0 Å². The Morgan fingerprint density at radius 1 is 1.05 bits per heavy atom. The van der Waals surface area contributed by atoms with Crippen molar-refractivity contribution in [1.29, 1.82) is 0 Å². The third-order valence-corrected chi connectivity index (χ3v) is 4.03. The number of unbranched alkanes of at least 4 members (excludes halogenated alkanes) is 3. The van der Waals surface area contributed by atoms with E-state index in [1.807, 2.05) is 25.7 Å². The van der Waals surface area contributed by atoms with Crippen LogP contribution in [-0.2, 0) is 14.3 Å². The van der Waals surface area contributed by atoms with Crippen molar-refractivity contribution in [2.45, 2.75) is 66.2 Å². The molecule has 0 radical (unpaired) electrons. The van der Waals surface area contributed by atoms with Crippen LogP contribution in [0, 0.1) is 11.8 Å². The van der Waals surface area contributed by atoms with Gasteiger partial charge in [-0.2, -0.15) is 0 Å². The van der Waals surface area contributed by atoms with Crippen LogP contribution in [0.15, 0.2) is 0 Å². The Morgan fingerprint density at radius 3 is 2.14 bits per heavy atom. The van der Waals surface area contributed by atoms with Crippen LogP contribution in [0.2, 0.25) is 0 Å². The summed E-state index contributed by atoms with van der Waals surface area (Å²) in [6.45, 7) is 9.30. The zero-order chi connectivity index (χ0) is 16.3. The predicted molar refractivity (Wildman–Crippen MR) is 86.0 cm³/mol. The maximum Gasteiger partial charge on any atom is 0.310 e. The molecule has 0 spiro atoms. The first-order valence-electron chi connectivity index (χ1n) is 8.38. The smallest absolute Gasteiger partial charge is 0.310 e. The van der Waals surface area contributed by atoms with Crippen LogP contribution in [0.1, 0.15) is 66.2 Å². The summed E-state index contributed by atoms with van der Waals surface area (Å²) in [5.41, 5.74) is 0. The number of amides is 1. The Bertz CT molecular complexity index is 300. The van der Waals surface area contributed by atoms with Crippen LogP contribution in [0.3, 0.4) is 0 Å². The van der Waals surface area contributed by atoms with Gasteiger partial charge in [-0.15, -0.1) is 0 Å².